The maximum Gasteiger partial charge on any atom is 0.145 e. The standard InChI is InChI=1S/C17H12F2N4/c1-10-2-5-12(6-3-10)23-17(21)14(9-20)16(22-23)13-7-4-11(18)8-15(13)19/h2-8H,21H2,1H3. The van der Waals surface area contributed by atoms with Crippen molar-refractivity contribution in [3.63, 3.8) is 0 Å². The van der Waals surface area contributed by atoms with Gasteiger partial charge in [-0.2, -0.15) is 10.4 Å². The molecule has 0 saturated carbocycles. The molecule has 4 nitrogen and oxygen atoms in total. The van der Waals surface area contributed by atoms with Crippen molar-refractivity contribution < 1.29 is 8.78 Å². The molecule has 0 aliphatic carbocycles. The van der Waals surface area contributed by atoms with Crippen LogP contribution in [0.5, 0.6) is 0 Å². The number of hydrogen-bond acceptors (Lipinski definition) is 3. The number of nitrogens with zero attached hydrogens (tertiary/aromatic N) is 3. The van der Waals surface area contributed by atoms with Crippen molar-refractivity contribution in [1.82, 2.24) is 9.78 Å². The normalized spacial score (nSPS) is 10.5. The van der Waals surface area contributed by atoms with Crippen molar-refractivity contribution in [3.05, 3.63) is 65.2 Å². The van der Waals surface area contributed by atoms with Crippen LogP contribution in [-0.4, -0.2) is 9.78 Å². The summed E-state index contributed by atoms with van der Waals surface area (Å²) >= 11 is 0. The first kappa shape index (κ1) is 14.7. The second-order valence-electron chi connectivity index (χ2n) is 5.09. The summed E-state index contributed by atoms with van der Waals surface area (Å²) in [6, 6.07) is 12.4. The third kappa shape index (κ3) is 2.53. The van der Waals surface area contributed by atoms with Crippen LogP contribution >= 0.6 is 0 Å². The van der Waals surface area contributed by atoms with Crippen molar-refractivity contribution >= 4 is 5.82 Å². The summed E-state index contributed by atoms with van der Waals surface area (Å²) in [7, 11) is 0. The lowest BCUT2D eigenvalue weighted by Gasteiger charge is -2.04. The molecule has 0 bridgehead atoms. The molecule has 2 aromatic carbocycles. The molecule has 114 valence electrons. The van der Waals surface area contributed by atoms with Gasteiger partial charge in [-0.25, -0.2) is 13.5 Å². The van der Waals surface area contributed by atoms with E-state index in [1.54, 1.807) is 12.1 Å². The van der Waals surface area contributed by atoms with Crippen LogP contribution in [0.4, 0.5) is 14.6 Å². The van der Waals surface area contributed by atoms with Gasteiger partial charge in [0.05, 0.1) is 5.69 Å². The fraction of sp³-hybridized carbons (Fsp3) is 0.0588. The Hall–Kier alpha value is -3.20. The third-order valence-corrected chi connectivity index (χ3v) is 3.50. The Bertz CT molecular complexity index is 921. The number of hydrogen-bond donors (Lipinski definition) is 1. The molecule has 2 N–H and O–H groups in total. The zero-order valence-electron chi connectivity index (χ0n) is 12.2. The summed E-state index contributed by atoms with van der Waals surface area (Å²) in [6.45, 7) is 1.94. The summed E-state index contributed by atoms with van der Waals surface area (Å²) in [5.41, 5.74) is 7.86. The summed E-state index contributed by atoms with van der Waals surface area (Å²) in [6.07, 6.45) is 0. The fourth-order valence-corrected chi connectivity index (χ4v) is 2.29. The van der Waals surface area contributed by atoms with E-state index in [2.05, 4.69) is 5.10 Å². The van der Waals surface area contributed by atoms with E-state index in [0.717, 1.165) is 17.7 Å². The third-order valence-electron chi connectivity index (χ3n) is 3.50. The number of aryl methyl sites for hydroxylation is 1. The van der Waals surface area contributed by atoms with Crippen LogP contribution in [0.3, 0.4) is 0 Å². The molecule has 0 unspecified atom stereocenters. The zero-order chi connectivity index (χ0) is 16.6. The Labute approximate surface area is 131 Å². The number of anilines is 1. The monoisotopic (exact) mass is 310 g/mol. The largest absolute Gasteiger partial charge is 0.382 e. The van der Waals surface area contributed by atoms with Crippen molar-refractivity contribution in [2.75, 3.05) is 5.73 Å². The predicted molar refractivity (Wildman–Crippen MR) is 82.8 cm³/mol. The summed E-state index contributed by atoms with van der Waals surface area (Å²) in [4.78, 5) is 0. The topological polar surface area (TPSA) is 67.6 Å². The first-order chi connectivity index (χ1) is 11.0. The van der Waals surface area contributed by atoms with Crippen LogP contribution in [-0.2, 0) is 0 Å². The van der Waals surface area contributed by atoms with Crippen LogP contribution < -0.4 is 5.73 Å². The molecule has 1 heterocycles. The highest BCUT2D eigenvalue weighted by atomic mass is 19.1. The van der Waals surface area contributed by atoms with Gasteiger partial charge in [-0.15, -0.1) is 0 Å². The zero-order valence-corrected chi connectivity index (χ0v) is 12.2. The van der Waals surface area contributed by atoms with Crippen LogP contribution in [0, 0.1) is 29.9 Å². The number of nitriles is 1. The molecule has 3 rings (SSSR count). The molecular formula is C17H12F2N4. The fourth-order valence-electron chi connectivity index (χ4n) is 2.29. The first-order valence-corrected chi connectivity index (χ1v) is 6.82. The second kappa shape index (κ2) is 5.54. The lowest BCUT2D eigenvalue weighted by atomic mass is 10.1. The Morgan fingerprint density at radius 3 is 2.43 bits per heavy atom. The molecule has 0 fully saturated rings. The maximum absolute atomic E-state index is 14.0. The van der Waals surface area contributed by atoms with Gasteiger partial charge < -0.3 is 5.73 Å². The van der Waals surface area contributed by atoms with Gasteiger partial charge in [-0.3, -0.25) is 0 Å². The maximum atomic E-state index is 14.0. The first-order valence-electron chi connectivity index (χ1n) is 6.82. The SMILES string of the molecule is Cc1ccc(-n2nc(-c3ccc(F)cc3F)c(C#N)c2N)cc1. The molecular weight excluding hydrogens is 298 g/mol. The van der Waals surface area contributed by atoms with E-state index in [1.165, 1.54) is 10.7 Å². The van der Waals surface area contributed by atoms with Crippen molar-refractivity contribution in [2.24, 2.45) is 0 Å². The van der Waals surface area contributed by atoms with E-state index in [1.807, 2.05) is 25.1 Å². The van der Waals surface area contributed by atoms with E-state index in [4.69, 9.17) is 5.73 Å². The quantitative estimate of drug-likeness (QED) is 0.786. The average Bonchev–Trinajstić information content (AvgIpc) is 2.84. The van der Waals surface area contributed by atoms with Gasteiger partial charge in [0.15, 0.2) is 0 Å². The smallest absolute Gasteiger partial charge is 0.145 e. The molecule has 0 atom stereocenters. The highest BCUT2D eigenvalue weighted by Gasteiger charge is 2.20. The van der Waals surface area contributed by atoms with Crippen molar-refractivity contribution in [2.45, 2.75) is 6.92 Å². The molecule has 0 radical (unpaired) electrons. The van der Waals surface area contributed by atoms with E-state index in [0.29, 0.717) is 5.69 Å². The summed E-state index contributed by atoms with van der Waals surface area (Å²) < 4.78 is 28.5. The van der Waals surface area contributed by atoms with E-state index in [-0.39, 0.29) is 22.6 Å². The lowest BCUT2D eigenvalue weighted by Crippen LogP contribution is -2.02. The highest BCUT2D eigenvalue weighted by Crippen LogP contribution is 2.30. The van der Waals surface area contributed by atoms with Crippen LogP contribution in [0.25, 0.3) is 16.9 Å². The van der Waals surface area contributed by atoms with Crippen molar-refractivity contribution in [3.8, 4) is 23.0 Å². The van der Waals surface area contributed by atoms with E-state index >= 15 is 0 Å². The molecule has 23 heavy (non-hydrogen) atoms. The molecule has 0 amide bonds. The lowest BCUT2D eigenvalue weighted by molar-refractivity contribution is 0.585. The van der Waals surface area contributed by atoms with Crippen LogP contribution in [0.15, 0.2) is 42.5 Å². The van der Waals surface area contributed by atoms with Gasteiger partial charge in [-0.1, -0.05) is 17.7 Å². The number of halogens is 2. The second-order valence-corrected chi connectivity index (χ2v) is 5.09. The average molecular weight is 310 g/mol. The van der Waals surface area contributed by atoms with Crippen LogP contribution in [0.2, 0.25) is 0 Å². The minimum Gasteiger partial charge on any atom is -0.382 e. The Balaban J connectivity index is 2.21. The van der Waals surface area contributed by atoms with Gasteiger partial charge in [0.2, 0.25) is 0 Å². The number of rotatable bonds is 2. The Morgan fingerprint density at radius 1 is 1.13 bits per heavy atom. The molecule has 6 heteroatoms. The van der Waals surface area contributed by atoms with Gasteiger partial charge in [0, 0.05) is 11.6 Å². The summed E-state index contributed by atoms with van der Waals surface area (Å²) in [5, 5.41) is 13.6. The van der Waals surface area contributed by atoms with E-state index in [9.17, 15) is 14.0 Å². The Morgan fingerprint density at radius 2 is 1.83 bits per heavy atom. The van der Waals surface area contributed by atoms with E-state index < -0.39 is 11.6 Å². The number of nitrogens with two attached hydrogens (primary N) is 1. The molecule has 0 spiro atoms. The molecule has 1 aromatic heterocycles. The Kier molecular flexibility index (Phi) is 3.54. The van der Waals surface area contributed by atoms with Crippen LogP contribution in [0.1, 0.15) is 11.1 Å². The predicted octanol–water partition coefficient (Wildman–Crippen LogP) is 3.58. The number of aromatic nitrogens is 2. The van der Waals surface area contributed by atoms with Gasteiger partial charge in [0.1, 0.15) is 34.8 Å². The molecule has 0 saturated heterocycles. The molecule has 0 aliphatic rings. The molecule has 0 aliphatic heterocycles. The van der Waals surface area contributed by atoms with Gasteiger partial charge in [0.25, 0.3) is 0 Å². The highest BCUT2D eigenvalue weighted by molar-refractivity contribution is 5.74. The van der Waals surface area contributed by atoms with Gasteiger partial charge >= 0.3 is 0 Å². The minimum atomic E-state index is -0.796. The minimum absolute atomic E-state index is 0.0283. The van der Waals surface area contributed by atoms with Gasteiger partial charge in [-0.05, 0) is 31.2 Å². The molecule has 3 aromatic rings. The number of nitrogen functional groups attached to an aromatic ring is 1. The number of benzene rings is 2. The summed E-state index contributed by atoms with van der Waals surface area (Å²) in [5.74, 6) is -1.39. The van der Waals surface area contributed by atoms with Crippen molar-refractivity contribution in [1.29, 1.82) is 5.26 Å².